The molecule has 4 rings (SSSR count). The molecule has 1 aromatic carbocycles. The number of benzene rings is 1. The van der Waals surface area contributed by atoms with Gasteiger partial charge in [0.15, 0.2) is 0 Å². The number of amides is 1. The number of fused-ring (bicyclic) bond motifs is 1. The topological polar surface area (TPSA) is 58.6 Å². The summed E-state index contributed by atoms with van der Waals surface area (Å²) in [5.74, 6) is 0.680. The highest BCUT2D eigenvalue weighted by molar-refractivity contribution is 5.99. The normalized spacial score (nSPS) is 22.7. The predicted molar refractivity (Wildman–Crippen MR) is 108 cm³/mol. The molecule has 2 aliphatic rings. The molecule has 0 radical (unpaired) electrons. The number of carbonyl (C=O) groups excluding carboxylic acids is 1. The second-order valence-electron chi connectivity index (χ2n) is 7.67. The fourth-order valence-corrected chi connectivity index (χ4v) is 4.31. The third-order valence-electron chi connectivity index (χ3n) is 5.71. The lowest BCUT2D eigenvalue weighted by Gasteiger charge is -2.48. The number of aryl methyl sites for hydroxylation is 1. The maximum absolute atomic E-state index is 13.4. The van der Waals surface area contributed by atoms with E-state index in [2.05, 4.69) is 21.8 Å². The lowest BCUT2D eigenvalue weighted by atomic mass is 10.0. The lowest BCUT2D eigenvalue weighted by molar-refractivity contribution is -0.0776. The zero-order valence-electron chi connectivity index (χ0n) is 16.7. The van der Waals surface area contributed by atoms with Gasteiger partial charge in [-0.2, -0.15) is 0 Å². The first-order valence-corrected chi connectivity index (χ1v) is 10.2. The highest BCUT2D eigenvalue weighted by Crippen LogP contribution is 2.26. The van der Waals surface area contributed by atoms with Crippen LogP contribution in [0.3, 0.4) is 0 Å². The number of carbonyl (C=O) groups is 1. The Morgan fingerprint density at radius 1 is 1.21 bits per heavy atom. The smallest absolute Gasteiger partial charge is 0.257 e. The molecule has 3 heterocycles. The van der Waals surface area contributed by atoms with E-state index >= 15 is 0 Å². The molecule has 6 nitrogen and oxygen atoms in total. The minimum atomic E-state index is 0.0103. The first-order valence-electron chi connectivity index (χ1n) is 10.2. The average Bonchev–Trinajstić information content (AvgIpc) is 2.74. The van der Waals surface area contributed by atoms with Gasteiger partial charge in [-0.1, -0.05) is 43.7 Å². The van der Waals surface area contributed by atoms with E-state index in [4.69, 9.17) is 4.74 Å². The lowest BCUT2D eigenvalue weighted by Crippen LogP contribution is -2.62. The molecular weight excluding hydrogens is 352 g/mol. The summed E-state index contributed by atoms with van der Waals surface area (Å²) in [6.07, 6.45) is 3.98. The summed E-state index contributed by atoms with van der Waals surface area (Å²) in [5.41, 5.74) is 2.23. The Morgan fingerprint density at radius 3 is 2.82 bits per heavy atom. The third kappa shape index (κ3) is 3.80. The van der Waals surface area contributed by atoms with E-state index in [1.54, 1.807) is 6.20 Å². The van der Waals surface area contributed by atoms with Gasteiger partial charge >= 0.3 is 0 Å². The number of nitrogens with zero attached hydrogens (tertiary/aromatic N) is 4. The highest BCUT2D eigenvalue weighted by atomic mass is 16.5. The molecule has 0 spiro atoms. The summed E-state index contributed by atoms with van der Waals surface area (Å²) < 4.78 is 5.84. The van der Waals surface area contributed by atoms with Crippen LogP contribution in [0.4, 0.5) is 0 Å². The molecule has 2 saturated heterocycles. The van der Waals surface area contributed by atoms with Gasteiger partial charge in [-0.25, -0.2) is 9.97 Å². The molecule has 0 aliphatic carbocycles. The Hall–Kier alpha value is -2.31. The van der Waals surface area contributed by atoms with Crippen molar-refractivity contribution in [1.29, 1.82) is 0 Å². The van der Waals surface area contributed by atoms with Crippen LogP contribution >= 0.6 is 0 Å². The van der Waals surface area contributed by atoms with Crippen molar-refractivity contribution in [3.05, 3.63) is 47.9 Å². The van der Waals surface area contributed by atoms with Gasteiger partial charge < -0.3 is 9.64 Å². The maximum Gasteiger partial charge on any atom is 0.257 e. The van der Waals surface area contributed by atoms with Gasteiger partial charge in [0.25, 0.3) is 5.91 Å². The van der Waals surface area contributed by atoms with Crippen molar-refractivity contribution in [2.45, 2.75) is 38.8 Å². The number of morpholine rings is 1. The number of piperazine rings is 1. The zero-order valence-corrected chi connectivity index (χ0v) is 16.7. The van der Waals surface area contributed by atoms with Crippen molar-refractivity contribution in [3.8, 4) is 11.3 Å². The van der Waals surface area contributed by atoms with Crippen LogP contribution in [0.5, 0.6) is 0 Å². The van der Waals surface area contributed by atoms with Gasteiger partial charge in [0.2, 0.25) is 0 Å². The quantitative estimate of drug-likeness (QED) is 0.816. The van der Waals surface area contributed by atoms with E-state index in [0.29, 0.717) is 36.3 Å². The Kier molecular flexibility index (Phi) is 5.69. The van der Waals surface area contributed by atoms with Gasteiger partial charge in [-0.05, 0) is 13.3 Å². The van der Waals surface area contributed by atoms with Gasteiger partial charge in [0.05, 0.1) is 30.5 Å². The molecule has 2 aliphatic heterocycles. The van der Waals surface area contributed by atoms with E-state index in [0.717, 1.165) is 38.1 Å². The van der Waals surface area contributed by atoms with E-state index in [-0.39, 0.29) is 11.9 Å². The molecule has 0 unspecified atom stereocenters. The van der Waals surface area contributed by atoms with Crippen molar-refractivity contribution in [2.24, 2.45) is 0 Å². The van der Waals surface area contributed by atoms with Crippen molar-refractivity contribution >= 4 is 5.91 Å². The summed E-state index contributed by atoms with van der Waals surface area (Å²) in [7, 11) is 0. The molecule has 28 heavy (non-hydrogen) atoms. The number of hydrogen-bond acceptors (Lipinski definition) is 5. The van der Waals surface area contributed by atoms with Crippen LogP contribution in [0.15, 0.2) is 36.5 Å². The minimum absolute atomic E-state index is 0.0103. The monoisotopic (exact) mass is 380 g/mol. The SMILES string of the molecule is CCC[C@H]1COC[C@H]2CN(C(=O)c3cnc(C)nc3-c3ccccc3)CCN12. The maximum atomic E-state index is 13.4. The molecule has 0 bridgehead atoms. The fraction of sp³-hybridized carbons (Fsp3) is 0.500. The van der Waals surface area contributed by atoms with Crippen LogP contribution in [-0.2, 0) is 4.74 Å². The fourth-order valence-electron chi connectivity index (χ4n) is 4.31. The van der Waals surface area contributed by atoms with Crippen LogP contribution in [0, 0.1) is 6.92 Å². The van der Waals surface area contributed by atoms with E-state index in [1.165, 1.54) is 0 Å². The Bertz CT molecular complexity index is 825. The van der Waals surface area contributed by atoms with E-state index in [9.17, 15) is 4.79 Å². The number of hydrogen-bond donors (Lipinski definition) is 0. The van der Waals surface area contributed by atoms with E-state index < -0.39 is 0 Å². The summed E-state index contributed by atoms with van der Waals surface area (Å²) in [6.45, 7) is 7.90. The standard InChI is InChI=1S/C22H28N4O2/c1-3-7-18-14-28-15-19-13-25(10-11-26(18)19)22(27)20-12-23-16(2)24-21(20)17-8-5-4-6-9-17/h4-6,8-9,12,18-19H,3,7,10-11,13-15H2,1-2H3/t18-,19+/m0/s1. The van der Waals surface area contributed by atoms with Crippen LogP contribution in [0.1, 0.15) is 35.9 Å². The summed E-state index contributed by atoms with van der Waals surface area (Å²) in [6, 6.07) is 10.6. The van der Waals surface area contributed by atoms with Crippen molar-refractivity contribution in [3.63, 3.8) is 0 Å². The Labute approximate surface area is 166 Å². The zero-order chi connectivity index (χ0) is 19.5. The molecule has 0 N–H and O–H groups in total. The van der Waals surface area contributed by atoms with Crippen molar-refractivity contribution < 1.29 is 9.53 Å². The number of rotatable bonds is 4. The molecule has 2 aromatic rings. The van der Waals surface area contributed by atoms with Crippen LogP contribution in [-0.4, -0.2) is 70.6 Å². The second-order valence-corrected chi connectivity index (χ2v) is 7.67. The molecule has 6 heteroatoms. The molecule has 148 valence electrons. The minimum Gasteiger partial charge on any atom is -0.378 e. The Morgan fingerprint density at radius 2 is 2.04 bits per heavy atom. The van der Waals surface area contributed by atoms with Gasteiger partial charge in [-0.3, -0.25) is 9.69 Å². The predicted octanol–water partition coefficient (Wildman–Crippen LogP) is 2.78. The van der Waals surface area contributed by atoms with Gasteiger partial charge in [0.1, 0.15) is 5.82 Å². The molecule has 1 amide bonds. The van der Waals surface area contributed by atoms with Gasteiger partial charge in [-0.15, -0.1) is 0 Å². The Balaban J connectivity index is 1.56. The first-order chi connectivity index (χ1) is 13.7. The first kappa shape index (κ1) is 19.0. The molecule has 2 fully saturated rings. The second kappa shape index (κ2) is 8.37. The van der Waals surface area contributed by atoms with Crippen LogP contribution < -0.4 is 0 Å². The number of aromatic nitrogens is 2. The molecule has 2 atom stereocenters. The van der Waals surface area contributed by atoms with Gasteiger partial charge in [0, 0.05) is 37.4 Å². The number of ether oxygens (including phenoxy) is 1. The molecule has 0 saturated carbocycles. The van der Waals surface area contributed by atoms with Crippen LogP contribution in [0.25, 0.3) is 11.3 Å². The highest BCUT2D eigenvalue weighted by Gasteiger charge is 2.37. The summed E-state index contributed by atoms with van der Waals surface area (Å²) >= 11 is 0. The van der Waals surface area contributed by atoms with Crippen molar-refractivity contribution in [2.75, 3.05) is 32.8 Å². The molecule has 1 aromatic heterocycles. The third-order valence-corrected chi connectivity index (χ3v) is 5.71. The van der Waals surface area contributed by atoms with E-state index in [1.807, 2.05) is 42.2 Å². The van der Waals surface area contributed by atoms with Crippen LogP contribution in [0.2, 0.25) is 0 Å². The summed E-state index contributed by atoms with van der Waals surface area (Å²) in [5, 5.41) is 0. The molecular formula is C22H28N4O2. The van der Waals surface area contributed by atoms with Crippen molar-refractivity contribution in [1.82, 2.24) is 19.8 Å². The average molecular weight is 380 g/mol. The summed E-state index contributed by atoms with van der Waals surface area (Å²) in [4.78, 5) is 26.7. The largest absolute Gasteiger partial charge is 0.378 e.